The fraction of sp³-hybridized carbons (Fsp3) is 0.350. The van der Waals surface area contributed by atoms with E-state index in [0.29, 0.717) is 6.54 Å². The molecule has 23 heavy (non-hydrogen) atoms. The number of benzene rings is 2. The number of hydrogen-bond acceptors (Lipinski definition) is 2. The lowest BCUT2D eigenvalue weighted by Gasteiger charge is -2.16. The Kier molecular flexibility index (Phi) is 6.21. The van der Waals surface area contributed by atoms with Gasteiger partial charge in [-0.2, -0.15) is 0 Å². The summed E-state index contributed by atoms with van der Waals surface area (Å²) in [6.45, 7) is 6.48. The lowest BCUT2D eigenvalue weighted by molar-refractivity contribution is -0.127. The summed E-state index contributed by atoms with van der Waals surface area (Å²) in [6.07, 6.45) is 1.40. The third-order valence-corrected chi connectivity index (χ3v) is 3.79. The van der Waals surface area contributed by atoms with Gasteiger partial charge in [-0.1, -0.05) is 48.0 Å². The first-order chi connectivity index (χ1) is 11.1. The first-order valence-corrected chi connectivity index (χ1v) is 8.12. The van der Waals surface area contributed by atoms with Crippen LogP contribution in [0.1, 0.15) is 30.0 Å². The highest BCUT2D eigenvalue weighted by molar-refractivity contribution is 5.80. The summed E-state index contributed by atoms with van der Waals surface area (Å²) in [6, 6.07) is 16.3. The van der Waals surface area contributed by atoms with E-state index in [9.17, 15) is 4.79 Å². The van der Waals surface area contributed by atoms with Crippen LogP contribution < -0.4 is 10.1 Å². The summed E-state index contributed by atoms with van der Waals surface area (Å²) in [5, 5.41) is 2.94. The molecule has 0 aliphatic rings. The molecule has 3 heteroatoms. The number of hydrogen-bond donors (Lipinski definition) is 1. The van der Waals surface area contributed by atoms with Crippen molar-refractivity contribution in [2.75, 3.05) is 6.54 Å². The zero-order chi connectivity index (χ0) is 16.7. The largest absolute Gasteiger partial charge is 0.481 e. The van der Waals surface area contributed by atoms with Crippen molar-refractivity contribution in [3.63, 3.8) is 0 Å². The molecule has 2 rings (SSSR count). The SMILES string of the molecule is Cc1ccc(OC(C)C(=O)NCCCc2ccccc2)c(C)c1. The molecular formula is C20H25NO2. The minimum absolute atomic E-state index is 0.0713. The highest BCUT2D eigenvalue weighted by Gasteiger charge is 2.14. The van der Waals surface area contributed by atoms with E-state index in [1.165, 1.54) is 11.1 Å². The molecule has 1 atom stereocenters. The number of aryl methyl sites for hydroxylation is 3. The molecule has 0 saturated heterocycles. The van der Waals surface area contributed by atoms with Gasteiger partial charge in [0.2, 0.25) is 0 Å². The molecule has 0 aliphatic carbocycles. The molecule has 0 saturated carbocycles. The first-order valence-electron chi connectivity index (χ1n) is 8.12. The Morgan fingerprint density at radius 3 is 2.57 bits per heavy atom. The van der Waals surface area contributed by atoms with Gasteiger partial charge in [0.25, 0.3) is 5.91 Å². The van der Waals surface area contributed by atoms with Crippen molar-refractivity contribution in [1.82, 2.24) is 5.32 Å². The van der Waals surface area contributed by atoms with Gasteiger partial charge in [-0.25, -0.2) is 0 Å². The predicted octanol–water partition coefficient (Wildman–Crippen LogP) is 3.82. The molecule has 0 radical (unpaired) electrons. The maximum Gasteiger partial charge on any atom is 0.260 e. The molecule has 1 N–H and O–H groups in total. The summed E-state index contributed by atoms with van der Waals surface area (Å²) < 4.78 is 5.77. The van der Waals surface area contributed by atoms with Crippen LogP contribution in [0, 0.1) is 13.8 Å². The number of ether oxygens (including phenoxy) is 1. The van der Waals surface area contributed by atoms with E-state index in [-0.39, 0.29) is 5.91 Å². The van der Waals surface area contributed by atoms with E-state index in [0.717, 1.165) is 24.2 Å². The van der Waals surface area contributed by atoms with Gasteiger partial charge in [0.1, 0.15) is 5.75 Å². The first kappa shape index (κ1) is 17.1. The van der Waals surface area contributed by atoms with Gasteiger partial charge in [0, 0.05) is 6.54 Å². The van der Waals surface area contributed by atoms with Gasteiger partial charge in [0.05, 0.1) is 0 Å². The molecule has 0 heterocycles. The van der Waals surface area contributed by atoms with Gasteiger partial charge < -0.3 is 10.1 Å². The van der Waals surface area contributed by atoms with E-state index in [2.05, 4.69) is 23.5 Å². The fourth-order valence-electron chi connectivity index (χ4n) is 2.47. The van der Waals surface area contributed by atoms with Gasteiger partial charge in [0.15, 0.2) is 6.10 Å². The molecule has 0 aromatic heterocycles. The highest BCUT2D eigenvalue weighted by atomic mass is 16.5. The Labute approximate surface area is 138 Å². The van der Waals surface area contributed by atoms with Crippen LogP contribution in [0.15, 0.2) is 48.5 Å². The molecule has 2 aromatic carbocycles. The topological polar surface area (TPSA) is 38.3 Å². The molecule has 0 fully saturated rings. The van der Waals surface area contributed by atoms with Crippen LogP contribution in [0.25, 0.3) is 0 Å². The van der Waals surface area contributed by atoms with Gasteiger partial charge in [-0.15, -0.1) is 0 Å². The average Bonchev–Trinajstić information content (AvgIpc) is 2.55. The maximum atomic E-state index is 12.1. The third-order valence-electron chi connectivity index (χ3n) is 3.79. The normalized spacial score (nSPS) is 11.8. The summed E-state index contributed by atoms with van der Waals surface area (Å²) in [5.41, 5.74) is 3.53. The predicted molar refractivity (Wildman–Crippen MR) is 93.8 cm³/mol. The fourth-order valence-corrected chi connectivity index (χ4v) is 2.47. The number of rotatable bonds is 7. The molecule has 3 nitrogen and oxygen atoms in total. The standard InChI is InChI=1S/C20H25NO2/c1-15-11-12-19(16(2)14-15)23-17(3)20(22)21-13-7-10-18-8-5-4-6-9-18/h4-6,8-9,11-12,14,17H,7,10,13H2,1-3H3,(H,21,22). The van der Waals surface area contributed by atoms with Crippen LogP contribution in [0.4, 0.5) is 0 Å². The molecule has 122 valence electrons. The zero-order valence-corrected chi connectivity index (χ0v) is 14.1. The molecular weight excluding hydrogens is 286 g/mol. The second kappa shape index (κ2) is 8.37. The Morgan fingerprint density at radius 1 is 1.13 bits per heavy atom. The van der Waals surface area contributed by atoms with Crippen molar-refractivity contribution in [3.05, 3.63) is 65.2 Å². The summed E-state index contributed by atoms with van der Waals surface area (Å²) >= 11 is 0. The zero-order valence-electron chi connectivity index (χ0n) is 14.1. The van der Waals surface area contributed by atoms with Crippen LogP contribution in [-0.4, -0.2) is 18.6 Å². The van der Waals surface area contributed by atoms with E-state index < -0.39 is 6.10 Å². The smallest absolute Gasteiger partial charge is 0.260 e. The van der Waals surface area contributed by atoms with E-state index >= 15 is 0 Å². The summed E-state index contributed by atoms with van der Waals surface area (Å²) in [7, 11) is 0. The van der Waals surface area contributed by atoms with E-state index in [4.69, 9.17) is 4.74 Å². The number of carbonyl (C=O) groups is 1. The maximum absolute atomic E-state index is 12.1. The van der Waals surface area contributed by atoms with Crippen molar-refractivity contribution in [3.8, 4) is 5.75 Å². The summed E-state index contributed by atoms with van der Waals surface area (Å²) in [5.74, 6) is 0.695. The van der Waals surface area contributed by atoms with Crippen molar-refractivity contribution in [1.29, 1.82) is 0 Å². The second-order valence-corrected chi connectivity index (χ2v) is 5.91. The van der Waals surface area contributed by atoms with Crippen LogP contribution >= 0.6 is 0 Å². The highest BCUT2D eigenvalue weighted by Crippen LogP contribution is 2.20. The number of carbonyl (C=O) groups excluding carboxylic acids is 1. The lowest BCUT2D eigenvalue weighted by atomic mass is 10.1. The van der Waals surface area contributed by atoms with Gasteiger partial charge in [-0.3, -0.25) is 4.79 Å². The Bertz CT molecular complexity index is 637. The van der Waals surface area contributed by atoms with Gasteiger partial charge >= 0.3 is 0 Å². The van der Waals surface area contributed by atoms with E-state index in [1.54, 1.807) is 6.92 Å². The summed E-state index contributed by atoms with van der Waals surface area (Å²) in [4.78, 5) is 12.1. The van der Waals surface area contributed by atoms with Crippen molar-refractivity contribution in [2.24, 2.45) is 0 Å². The van der Waals surface area contributed by atoms with Crippen molar-refractivity contribution < 1.29 is 9.53 Å². The minimum Gasteiger partial charge on any atom is -0.481 e. The van der Waals surface area contributed by atoms with Crippen LogP contribution in [-0.2, 0) is 11.2 Å². The van der Waals surface area contributed by atoms with Crippen molar-refractivity contribution in [2.45, 2.75) is 39.7 Å². The van der Waals surface area contributed by atoms with Crippen LogP contribution in [0.5, 0.6) is 5.75 Å². The molecule has 2 aromatic rings. The third kappa shape index (κ3) is 5.44. The van der Waals surface area contributed by atoms with E-state index in [1.807, 2.05) is 44.2 Å². The average molecular weight is 311 g/mol. The molecule has 0 aliphatic heterocycles. The molecule has 1 amide bonds. The Balaban J connectivity index is 1.74. The quantitative estimate of drug-likeness (QED) is 0.789. The van der Waals surface area contributed by atoms with Crippen molar-refractivity contribution >= 4 is 5.91 Å². The lowest BCUT2D eigenvalue weighted by Crippen LogP contribution is -2.37. The monoisotopic (exact) mass is 311 g/mol. The number of amides is 1. The Morgan fingerprint density at radius 2 is 1.87 bits per heavy atom. The molecule has 0 spiro atoms. The minimum atomic E-state index is -0.492. The van der Waals surface area contributed by atoms with Gasteiger partial charge in [-0.05, 0) is 50.8 Å². The van der Waals surface area contributed by atoms with Crippen LogP contribution in [0.3, 0.4) is 0 Å². The number of nitrogens with one attached hydrogen (secondary N) is 1. The van der Waals surface area contributed by atoms with Crippen LogP contribution in [0.2, 0.25) is 0 Å². The molecule has 0 bridgehead atoms. The molecule has 1 unspecified atom stereocenters. The Hall–Kier alpha value is -2.29. The second-order valence-electron chi connectivity index (χ2n) is 5.91.